The average molecular weight is 315 g/mol. The van der Waals surface area contributed by atoms with Crippen LogP contribution in [0, 0.1) is 5.41 Å². The van der Waals surface area contributed by atoms with Gasteiger partial charge in [0.2, 0.25) is 5.75 Å². The van der Waals surface area contributed by atoms with Gasteiger partial charge in [-0.05, 0) is 17.7 Å². The van der Waals surface area contributed by atoms with E-state index in [0.717, 1.165) is 5.56 Å². The fraction of sp³-hybridized carbons (Fsp3) is 0.267. The second-order valence-electron chi connectivity index (χ2n) is 4.86. The number of imidazole rings is 1. The molecule has 0 atom stereocenters. The van der Waals surface area contributed by atoms with Crippen LogP contribution in [-0.2, 0) is 6.54 Å². The van der Waals surface area contributed by atoms with Crippen LogP contribution in [0.5, 0.6) is 17.2 Å². The molecular formula is C15H17N5O3. The van der Waals surface area contributed by atoms with Gasteiger partial charge in [0.1, 0.15) is 5.52 Å². The highest BCUT2D eigenvalue weighted by molar-refractivity contribution is 5.68. The number of hydrogen-bond donors (Lipinski definition) is 2. The highest BCUT2D eigenvalue weighted by atomic mass is 16.5. The molecule has 0 fully saturated rings. The minimum atomic E-state index is 0.165. The topological polar surface area (TPSA) is 98.0 Å². The molecule has 0 radical (unpaired) electrons. The third-order valence-electron chi connectivity index (χ3n) is 3.53. The van der Waals surface area contributed by atoms with Crippen LogP contribution in [-0.4, -0.2) is 40.8 Å². The number of rotatable bonds is 5. The molecule has 8 heteroatoms. The van der Waals surface area contributed by atoms with Crippen LogP contribution in [0.3, 0.4) is 0 Å². The van der Waals surface area contributed by atoms with Crippen molar-refractivity contribution in [2.75, 3.05) is 21.3 Å². The summed E-state index contributed by atoms with van der Waals surface area (Å²) in [6.07, 6.45) is 3.14. The number of aromatic nitrogens is 4. The number of nitrogens with one attached hydrogen (secondary N) is 2. The van der Waals surface area contributed by atoms with Crippen LogP contribution in [0.25, 0.3) is 11.2 Å². The zero-order chi connectivity index (χ0) is 16.4. The van der Waals surface area contributed by atoms with E-state index in [4.69, 9.17) is 19.6 Å². The number of aromatic amines is 1. The summed E-state index contributed by atoms with van der Waals surface area (Å²) in [6, 6.07) is 3.75. The second-order valence-corrected chi connectivity index (χ2v) is 4.86. The average Bonchev–Trinajstić information content (AvgIpc) is 3.07. The first-order chi connectivity index (χ1) is 11.2. The van der Waals surface area contributed by atoms with E-state index in [1.807, 2.05) is 16.7 Å². The van der Waals surface area contributed by atoms with Gasteiger partial charge in [-0.2, -0.15) is 0 Å². The summed E-state index contributed by atoms with van der Waals surface area (Å²) in [7, 11) is 4.73. The van der Waals surface area contributed by atoms with Crippen molar-refractivity contribution < 1.29 is 14.2 Å². The van der Waals surface area contributed by atoms with Crippen molar-refractivity contribution in [2.24, 2.45) is 0 Å². The molecule has 3 aromatic rings. The molecular weight excluding hydrogens is 298 g/mol. The Morgan fingerprint density at radius 3 is 2.39 bits per heavy atom. The second kappa shape index (κ2) is 5.99. The standard InChI is InChI=1S/C15H17N5O3/c1-21-10-4-9(5-11(22-2)13(10)23-3)6-20-8-19-14(16)12-15(20)18-7-17-12/h4-5,7-8,16H,6H2,1-3H3,(H,17,18). The molecule has 0 amide bonds. The van der Waals surface area contributed by atoms with Crippen LogP contribution in [0.1, 0.15) is 5.56 Å². The molecule has 0 spiro atoms. The Labute approximate surface area is 132 Å². The lowest BCUT2D eigenvalue weighted by Gasteiger charge is -2.15. The van der Waals surface area contributed by atoms with Crippen molar-refractivity contribution in [3.63, 3.8) is 0 Å². The van der Waals surface area contributed by atoms with Crippen LogP contribution in [0.4, 0.5) is 0 Å². The SMILES string of the molecule is COc1cc(Cn2cnc(=N)c3[nH]cnc32)cc(OC)c1OC. The van der Waals surface area contributed by atoms with E-state index in [9.17, 15) is 0 Å². The zero-order valence-electron chi connectivity index (χ0n) is 13.1. The van der Waals surface area contributed by atoms with E-state index < -0.39 is 0 Å². The number of benzene rings is 1. The number of hydrogen-bond acceptors (Lipinski definition) is 6. The van der Waals surface area contributed by atoms with Gasteiger partial charge in [0.05, 0.1) is 40.5 Å². The lowest BCUT2D eigenvalue weighted by atomic mass is 10.1. The Bertz CT molecular complexity index is 875. The van der Waals surface area contributed by atoms with Gasteiger partial charge >= 0.3 is 0 Å². The number of fused-ring (bicyclic) bond motifs is 1. The highest BCUT2D eigenvalue weighted by Gasteiger charge is 2.14. The van der Waals surface area contributed by atoms with Crippen molar-refractivity contribution in [3.8, 4) is 17.2 Å². The first-order valence-electron chi connectivity index (χ1n) is 6.90. The fourth-order valence-corrected chi connectivity index (χ4v) is 2.46. The molecule has 0 bridgehead atoms. The first-order valence-corrected chi connectivity index (χ1v) is 6.90. The summed E-state index contributed by atoms with van der Waals surface area (Å²) < 4.78 is 17.9. The summed E-state index contributed by atoms with van der Waals surface area (Å²) in [5.74, 6) is 1.73. The van der Waals surface area contributed by atoms with Gasteiger partial charge in [-0.3, -0.25) is 5.41 Å². The molecule has 2 heterocycles. The van der Waals surface area contributed by atoms with Crippen molar-refractivity contribution in [1.29, 1.82) is 5.41 Å². The quantitative estimate of drug-likeness (QED) is 0.740. The van der Waals surface area contributed by atoms with Crippen molar-refractivity contribution in [1.82, 2.24) is 19.5 Å². The van der Waals surface area contributed by atoms with Gasteiger partial charge in [0.25, 0.3) is 0 Å². The normalized spacial score (nSPS) is 10.7. The van der Waals surface area contributed by atoms with Gasteiger partial charge < -0.3 is 23.8 Å². The number of ether oxygens (including phenoxy) is 3. The maximum atomic E-state index is 7.79. The molecule has 23 heavy (non-hydrogen) atoms. The fourth-order valence-electron chi connectivity index (χ4n) is 2.46. The largest absolute Gasteiger partial charge is 0.493 e. The van der Waals surface area contributed by atoms with Crippen molar-refractivity contribution in [3.05, 3.63) is 35.8 Å². The van der Waals surface area contributed by atoms with Crippen LogP contribution < -0.4 is 19.7 Å². The summed E-state index contributed by atoms with van der Waals surface area (Å²) >= 11 is 0. The van der Waals surface area contributed by atoms with Gasteiger partial charge in [-0.1, -0.05) is 0 Å². The van der Waals surface area contributed by atoms with E-state index in [2.05, 4.69) is 15.0 Å². The molecule has 0 aliphatic carbocycles. The van der Waals surface area contributed by atoms with Crippen LogP contribution in [0.15, 0.2) is 24.8 Å². The molecule has 2 aromatic heterocycles. The van der Waals surface area contributed by atoms with Gasteiger partial charge in [-0.25, -0.2) is 9.97 Å². The Hall–Kier alpha value is -3.03. The third kappa shape index (κ3) is 2.59. The van der Waals surface area contributed by atoms with Gasteiger partial charge in [-0.15, -0.1) is 0 Å². The minimum absolute atomic E-state index is 0.165. The van der Waals surface area contributed by atoms with E-state index in [1.54, 1.807) is 34.0 Å². The number of methoxy groups -OCH3 is 3. The van der Waals surface area contributed by atoms with Crippen LogP contribution in [0.2, 0.25) is 0 Å². The van der Waals surface area contributed by atoms with E-state index >= 15 is 0 Å². The van der Waals surface area contributed by atoms with Crippen LogP contribution >= 0.6 is 0 Å². The molecule has 0 saturated carbocycles. The first kappa shape index (κ1) is 14.9. The third-order valence-corrected chi connectivity index (χ3v) is 3.53. The minimum Gasteiger partial charge on any atom is -0.493 e. The zero-order valence-corrected chi connectivity index (χ0v) is 13.1. The number of H-pyrrole nitrogens is 1. The Balaban J connectivity index is 2.07. The molecule has 0 unspecified atom stereocenters. The van der Waals surface area contributed by atoms with Gasteiger partial charge in [0.15, 0.2) is 22.6 Å². The van der Waals surface area contributed by atoms with Gasteiger partial charge in [0, 0.05) is 0 Å². The molecule has 0 saturated heterocycles. The Morgan fingerprint density at radius 2 is 1.78 bits per heavy atom. The maximum absolute atomic E-state index is 7.79. The van der Waals surface area contributed by atoms with E-state index in [-0.39, 0.29) is 5.49 Å². The molecule has 3 rings (SSSR count). The van der Waals surface area contributed by atoms with Crippen molar-refractivity contribution >= 4 is 11.2 Å². The number of nitrogens with zero attached hydrogens (tertiary/aromatic N) is 3. The molecule has 1 aromatic carbocycles. The monoisotopic (exact) mass is 315 g/mol. The molecule has 120 valence electrons. The predicted molar refractivity (Wildman–Crippen MR) is 82.9 cm³/mol. The smallest absolute Gasteiger partial charge is 0.203 e. The van der Waals surface area contributed by atoms with E-state index in [1.165, 1.54) is 0 Å². The van der Waals surface area contributed by atoms with Crippen molar-refractivity contribution in [2.45, 2.75) is 6.54 Å². The Morgan fingerprint density at radius 1 is 1.09 bits per heavy atom. The Kier molecular flexibility index (Phi) is 3.88. The lowest BCUT2D eigenvalue weighted by molar-refractivity contribution is 0.323. The summed E-state index contributed by atoms with van der Waals surface area (Å²) in [6.45, 7) is 0.505. The molecule has 8 nitrogen and oxygen atoms in total. The predicted octanol–water partition coefficient (Wildman–Crippen LogP) is 1.31. The maximum Gasteiger partial charge on any atom is 0.203 e. The van der Waals surface area contributed by atoms with E-state index in [0.29, 0.717) is 35.0 Å². The molecule has 0 aliphatic heterocycles. The molecule has 0 aliphatic rings. The molecule has 2 N–H and O–H groups in total. The highest BCUT2D eigenvalue weighted by Crippen LogP contribution is 2.38. The lowest BCUT2D eigenvalue weighted by Crippen LogP contribution is -2.13. The summed E-state index contributed by atoms with van der Waals surface area (Å²) in [5.41, 5.74) is 2.37. The summed E-state index contributed by atoms with van der Waals surface area (Å²) in [5, 5.41) is 7.79. The summed E-state index contributed by atoms with van der Waals surface area (Å²) in [4.78, 5) is 11.2.